The number of fused-ring (bicyclic) bond motifs is 5. The molecule has 0 radical (unpaired) electrons. The van der Waals surface area contributed by atoms with Crippen molar-refractivity contribution in [2.75, 3.05) is 20.3 Å². The first-order chi connectivity index (χ1) is 20.2. The summed E-state index contributed by atoms with van der Waals surface area (Å²) in [5, 5.41) is 76.8. The molecule has 10 heteroatoms. The van der Waals surface area contributed by atoms with Crippen LogP contribution in [-0.4, -0.2) is 111 Å². The highest BCUT2D eigenvalue weighted by atomic mass is 16.7. The van der Waals surface area contributed by atoms with Gasteiger partial charge in [-0.25, -0.2) is 0 Å². The topological polar surface area (TPSA) is 169 Å². The third kappa shape index (κ3) is 5.66. The average Bonchev–Trinajstić information content (AvgIpc) is 3.21. The molecule has 0 aromatic heterocycles. The second kappa shape index (κ2) is 12.5. The summed E-state index contributed by atoms with van der Waals surface area (Å²) in [5.41, 5.74) is -2.07. The molecule has 1 aliphatic heterocycles. The van der Waals surface area contributed by atoms with Crippen molar-refractivity contribution >= 4 is 0 Å². The van der Waals surface area contributed by atoms with Gasteiger partial charge in [0.2, 0.25) is 0 Å². The summed E-state index contributed by atoms with van der Waals surface area (Å²) in [4.78, 5) is 0. The molecule has 3 unspecified atom stereocenters. The van der Waals surface area contributed by atoms with E-state index in [4.69, 9.17) is 14.2 Å². The van der Waals surface area contributed by atoms with Crippen molar-refractivity contribution in [2.24, 2.45) is 46.3 Å². The first-order valence-corrected chi connectivity index (χ1v) is 16.4. The van der Waals surface area contributed by atoms with E-state index in [1.54, 1.807) is 0 Å². The molecule has 5 rings (SSSR count). The molecule has 0 aromatic carbocycles. The third-order valence-corrected chi connectivity index (χ3v) is 12.7. The average molecular weight is 613 g/mol. The summed E-state index contributed by atoms with van der Waals surface area (Å²) in [6, 6.07) is 0. The predicted octanol–water partition coefficient (Wildman–Crippen LogP) is 1.36. The molecule has 5 aliphatic rings. The van der Waals surface area contributed by atoms with Gasteiger partial charge >= 0.3 is 0 Å². The lowest BCUT2D eigenvalue weighted by Gasteiger charge is -2.66. The van der Waals surface area contributed by atoms with Crippen LogP contribution in [0.3, 0.4) is 0 Å². The van der Waals surface area contributed by atoms with E-state index in [2.05, 4.69) is 39.8 Å². The van der Waals surface area contributed by atoms with Gasteiger partial charge in [-0.3, -0.25) is 0 Å². The maximum atomic E-state index is 12.5. The fourth-order valence-corrected chi connectivity index (χ4v) is 10.6. The Morgan fingerprint density at radius 2 is 1.60 bits per heavy atom. The van der Waals surface area contributed by atoms with E-state index in [0.29, 0.717) is 25.9 Å². The van der Waals surface area contributed by atoms with Gasteiger partial charge in [0, 0.05) is 25.4 Å². The first-order valence-electron chi connectivity index (χ1n) is 16.4. The standard InChI is InChI=1S/C33H56O10/c1-17(15-42-30-27(39)28(41-5)23(37)16-43-30)7-6-8-18(2)19-13-21(35)29-31(19,3)12-10-24-32(4)11-9-20(34)26(38)25(32)22(36)14-33(24,29)40/h6,8,17-30,34-40H,7,9-16H2,1-5H3/b8-6+/t17-,18-,19-,20+,21-,22+,23-,24?,25?,26+,27-,28+,29?,30-,31-,32-,33+/m1/s1. The lowest BCUT2D eigenvalue weighted by atomic mass is 9.41. The maximum Gasteiger partial charge on any atom is 0.186 e. The lowest BCUT2D eigenvalue weighted by Crippen LogP contribution is -2.70. The molecule has 5 fully saturated rings. The zero-order valence-corrected chi connectivity index (χ0v) is 26.5. The van der Waals surface area contributed by atoms with Gasteiger partial charge in [0.05, 0.1) is 43.2 Å². The highest BCUT2D eigenvalue weighted by molar-refractivity contribution is 5.21. The van der Waals surface area contributed by atoms with Crippen molar-refractivity contribution in [3.8, 4) is 0 Å². The zero-order valence-electron chi connectivity index (χ0n) is 26.5. The first kappa shape index (κ1) is 33.7. The van der Waals surface area contributed by atoms with E-state index in [0.717, 1.165) is 19.3 Å². The Morgan fingerprint density at radius 1 is 0.907 bits per heavy atom. The molecule has 0 aromatic rings. The number of rotatable bonds is 8. The molecular formula is C33H56O10. The van der Waals surface area contributed by atoms with Crippen LogP contribution in [0.25, 0.3) is 0 Å². The minimum absolute atomic E-state index is 0.0404. The normalized spacial score (nSPS) is 53.2. The van der Waals surface area contributed by atoms with E-state index in [1.807, 2.05) is 0 Å². The smallest absolute Gasteiger partial charge is 0.186 e. The number of methoxy groups -OCH3 is 1. The van der Waals surface area contributed by atoms with Gasteiger partial charge in [-0.1, -0.05) is 39.8 Å². The molecule has 43 heavy (non-hydrogen) atoms. The van der Waals surface area contributed by atoms with E-state index >= 15 is 0 Å². The van der Waals surface area contributed by atoms with Gasteiger partial charge in [0.1, 0.15) is 18.3 Å². The van der Waals surface area contributed by atoms with Crippen molar-refractivity contribution in [1.29, 1.82) is 0 Å². The fourth-order valence-electron chi connectivity index (χ4n) is 10.6. The van der Waals surface area contributed by atoms with Crippen LogP contribution < -0.4 is 0 Å². The summed E-state index contributed by atoms with van der Waals surface area (Å²) >= 11 is 0. The van der Waals surface area contributed by atoms with Crippen LogP contribution in [0.1, 0.15) is 72.6 Å². The van der Waals surface area contributed by atoms with Crippen LogP contribution >= 0.6 is 0 Å². The van der Waals surface area contributed by atoms with Crippen LogP contribution in [0.2, 0.25) is 0 Å². The molecular weight excluding hydrogens is 556 g/mol. The van der Waals surface area contributed by atoms with Gasteiger partial charge in [-0.2, -0.15) is 0 Å². The molecule has 4 saturated carbocycles. The zero-order chi connectivity index (χ0) is 31.5. The van der Waals surface area contributed by atoms with E-state index in [-0.39, 0.29) is 48.0 Å². The number of aliphatic hydroxyl groups is 7. The van der Waals surface area contributed by atoms with Crippen molar-refractivity contribution in [2.45, 2.75) is 127 Å². The second-order valence-electron chi connectivity index (χ2n) is 15.3. The number of hydrogen-bond acceptors (Lipinski definition) is 10. The van der Waals surface area contributed by atoms with Crippen LogP contribution in [0, 0.1) is 46.3 Å². The number of aliphatic hydroxyl groups excluding tert-OH is 6. The molecule has 4 aliphatic carbocycles. The molecule has 0 spiro atoms. The Hall–Kier alpha value is -0.660. The molecule has 7 N–H and O–H groups in total. The minimum atomic E-state index is -1.24. The molecule has 17 atom stereocenters. The van der Waals surface area contributed by atoms with Crippen molar-refractivity contribution < 1.29 is 50.0 Å². The largest absolute Gasteiger partial charge is 0.393 e. The fraction of sp³-hybridized carbons (Fsp3) is 0.939. The van der Waals surface area contributed by atoms with Gasteiger partial charge in [-0.15, -0.1) is 0 Å². The Bertz CT molecular complexity index is 995. The number of hydrogen-bond donors (Lipinski definition) is 7. The Morgan fingerprint density at radius 3 is 2.30 bits per heavy atom. The summed E-state index contributed by atoms with van der Waals surface area (Å²) in [7, 11) is 1.44. The van der Waals surface area contributed by atoms with E-state index < -0.39 is 66.0 Å². The maximum absolute atomic E-state index is 12.5. The molecule has 10 nitrogen and oxygen atoms in total. The summed E-state index contributed by atoms with van der Waals surface area (Å²) in [5.74, 6) is -0.558. The monoisotopic (exact) mass is 612 g/mol. The molecule has 0 bridgehead atoms. The molecule has 1 saturated heterocycles. The number of ether oxygens (including phenoxy) is 3. The Labute approximate surface area is 256 Å². The van der Waals surface area contributed by atoms with Crippen molar-refractivity contribution in [3.63, 3.8) is 0 Å². The summed E-state index contributed by atoms with van der Waals surface area (Å²) < 4.78 is 16.5. The quantitative estimate of drug-likeness (QED) is 0.199. The lowest BCUT2D eigenvalue weighted by molar-refractivity contribution is -0.280. The molecule has 0 amide bonds. The van der Waals surface area contributed by atoms with Gasteiger partial charge in [0.25, 0.3) is 0 Å². The van der Waals surface area contributed by atoms with Crippen molar-refractivity contribution in [1.82, 2.24) is 0 Å². The molecule has 248 valence electrons. The highest BCUT2D eigenvalue weighted by Gasteiger charge is 2.71. The number of allylic oxidation sites excluding steroid dienone is 2. The van der Waals surface area contributed by atoms with E-state index in [9.17, 15) is 35.7 Å². The molecule has 1 heterocycles. The van der Waals surface area contributed by atoms with Gasteiger partial charge in [-0.05, 0) is 73.0 Å². The van der Waals surface area contributed by atoms with Crippen LogP contribution in [0.15, 0.2) is 12.2 Å². The van der Waals surface area contributed by atoms with Crippen LogP contribution in [-0.2, 0) is 14.2 Å². The second-order valence-corrected chi connectivity index (χ2v) is 15.3. The van der Waals surface area contributed by atoms with Crippen molar-refractivity contribution in [3.05, 3.63) is 12.2 Å². The SMILES string of the molecule is CO[C@@H]1[C@@H](O)[C@H](OC[C@H](C)C/C=C/[C@@H](C)[C@H]2C[C@@H](O)C3[C@]4(O)C[C@H](O)C5[C@@H](O)[C@@H](O)CC[C@]5(C)C4CC[C@@]32C)OC[C@H]1O. The minimum Gasteiger partial charge on any atom is -0.393 e. The summed E-state index contributed by atoms with van der Waals surface area (Å²) in [6.45, 7) is 8.91. The van der Waals surface area contributed by atoms with Gasteiger partial charge < -0.3 is 50.0 Å². The van der Waals surface area contributed by atoms with Crippen LogP contribution in [0.4, 0.5) is 0 Å². The highest BCUT2D eigenvalue weighted by Crippen LogP contribution is 2.69. The van der Waals surface area contributed by atoms with Crippen LogP contribution in [0.5, 0.6) is 0 Å². The Balaban J connectivity index is 1.22. The van der Waals surface area contributed by atoms with E-state index in [1.165, 1.54) is 7.11 Å². The van der Waals surface area contributed by atoms with Gasteiger partial charge in [0.15, 0.2) is 6.29 Å². The summed E-state index contributed by atoms with van der Waals surface area (Å²) in [6.07, 6.45) is 1.40. The Kier molecular flexibility index (Phi) is 9.80. The predicted molar refractivity (Wildman–Crippen MR) is 157 cm³/mol. The third-order valence-electron chi connectivity index (χ3n) is 12.7.